The van der Waals surface area contributed by atoms with Crippen molar-refractivity contribution in [2.24, 2.45) is 0 Å². The highest BCUT2D eigenvalue weighted by Gasteiger charge is 2.20. The van der Waals surface area contributed by atoms with Crippen molar-refractivity contribution in [2.75, 3.05) is 18.6 Å². The maximum absolute atomic E-state index is 5.82. The predicted octanol–water partition coefficient (Wildman–Crippen LogP) is 2.99. The van der Waals surface area contributed by atoms with Crippen LogP contribution >= 0.6 is 11.8 Å². The van der Waals surface area contributed by atoms with E-state index in [4.69, 9.17) is 4.74 Å². The molecule has 1 aromatic carbocycles. The number of ether oxygens (including phenoxy) is 1. The molecule has 1 aliphatic carbocycles. The first-order valence-corrected chi connectivity index (χ1v) is 7.63. The highest BCUT2D eigenvalue weighted by atomic mass is 32.2. The third kappa shape index (κ3) is 4.25. The summed E-state index contributed by atoms with van der Waals surface area (Å²) in [5.41, 5.74) is 2.59. The van der Waals surface area contributed by atoms with Crippen molar-refractivity contribution in [1.82, 2.24) is 5.32 Å². The normalized spacial score (nSPS) is 14.9. The fourth-order valence-electron chi connectivity index (χ4n) is 1.76. The van der Waals surface area contributed by atoms with Gasteiger partial charge in [0.25, 0.3) is 0 Å². The SMILES string of the molecule is CSCCOc1ccc(C)cc1CNC1CC1. The maximum atomic E-state index is 5.82. The van der Waals surface area contributed by atoms with E-state index in [-0.39, 0.29) is 0 Å². The van der Waals surface area contributed by atoms with E-state index in [2.05, 4.69) is 36.7 Å². The first-order chi connectivity index (χ1) is 8.29. The maximum Gasteiger partial charge on any atom is 0.123 e. The Morgan fingerprint density at radius 1 is 1.41 bits per heavy atom. The molecule has 1 saturated carbocycles. The van der Waals surface area contributed by atoms with Crippen LogP contribution in [0, 0.1) is 6.92 Å². The Morgan fingerprint density at radius 2 is 2.24 bits per heavy atom. The van der Waals surface area contributed by atoms with E-state index in [0.717, 1.165) is 30.7 Å². The highest BCUT2D eigenvalue weighted by Crippen LogP contribution is 2.23. The molecule has 3 heteroatoms. The number of benzene rings is 1. The lowest BCUT2D eigenvalue weighted by molar-refractivity contribution is 0.339. The van der Waals surface area contributed by atoms with E-state index >= 15 is 0 Å². The molecule has 94 valence electrons. The molecule has 0 aliphatic heterocycles. The van der Waals surface area contributed by atoms with Crippen molar-refractivity contribution >= 4 is 11.8 Å². The Labute approximate surface area is 108 Å². The minimum atomic E-state index is 0.745. The van der Waals surface area contributed by atoms with Crippen molar-refractivity contribution in [3.63, 3.8) is 0 Å². The van der Waals surface area contributed by atoms with Crippen LogP contribution in [-0.4, -0.2) is 24.7 Å². The lowest BCUT2D eigenvalue weighted by Gasteiger charge is -2.12. The molecule has 0 aromatic heterocycles. The van der Waals surface area contributed by atoms with Crippen molar-refractivity contribution < 1.29 is 4.74 Å². The Hall–Kier alpha value is -0.670. The van der Waals surface area contributed by atoms with Crippen molar-refractivity contribution in [3.8, 4) is 5.75 Å². The van der Waals surface area contributed by atoms with Gasteiger partial charge in [-0.3, -0.25) is 0 Å². The molecule has 17 heavy (non-hydrogen) atoms. The van der Waals surface area contributed by atoms with Crippen LogP contribution in [0.2, 0.25) is 0 Å². The van der Waals surface area contributed by atoms with Crippen LogP contribution in [0.25, 0.3) is 0 Å². The van der Waals surface area contributed by atoms with Gasteiger partial charge in [0, 0.05) is 23.9 Å². The molecule has 0 heterocycles. The molecular formula is C14H21NOS. The first-order valence-electron chi connectivity index (χ1n) is 6.24. The van der Waals surface area contributed by atoms with Crippen molar-refractivity contribution in [3.05, 3.63) is 29.3 Å². The van der Waals surface area contributed by atoms with Gasteiger partial charge in [-0.1, -0.05) is 17.7 Å². The summed E-state index contributed by atoms with van der Waals surface area (Å²) in [6.45, 7) is 3.86. The van der Waals surface area contributed by atoms with Crippen LogP contribution in [0.5, 0.6) is 5.75 Å². The summed E-state index contributed by atoms with van der Waals surface area (Å²) in [4.78, 5) is 0. The van der Waals surface area contributed by atoms with Gasteiger partial charge in [-0.25, -0.2) is 0 Å². The van der Waals surface area contributed by atoms with Crippen molar-refractivity contribution in [1.29, 1.82) is 0 Å². The van der Waals surface area contributed by atoms with Crippen LogP contribution in [0.4, 0.5) is 0 Å². The lowest BCUT2D eigenvalue weighted by Crippen LogP contribution is -2.16. The molecule has 0 amide bonds. The van der Waals surface area contributed by atoms with Gasteiger partial charge in [-0.15, -0.1) is 0 Å². The van der Waals surface area contributed by atoms with Gasteiger partial charge in [-0.05, 0) is 32.1 Å². The third-order valence-electron chi connectivity index (χ3n) is 2.92. The Bertz CT molecular complexity index is 363. The molecule has 0 unspecified atom stereocenters. The average Bonchev–Trinajstić information content (AvgIpc) is 3.13. The van der Waals surface area contributed by atoms with Crippen LogP contribution in [0.3, 0.4) is 0 Å². The van der Waals surface area contributed by atoms with Crippen molar-refractivity contribution in [2.45, 2.75) is 32.4 Å². The van der Waals surface area contributed by atoms with Gasteiger partial charge >= 0.3 is 0 Å². The number of rotatable bonds is 7. The molecule has 0 atom stereocenters. The van der Waals surface area contributed by atoms with Gasteiger partial charge in [0.2, 0.25) is 0 Å². The minimum absolute atomic E-state index is 0.745. The molecule has 0 bridgehead atoms. The zero-order valence-electron chi connectivity index (χ0n) is 10.7. The summed E-state index contributed by atoms with van der Waals surface area (Å²) in [6, 6.07) is 7.19. The monoisotopic (exact) mass is 251 g/mol. The second-order valence-corrected chi connectivity index (χ2v) is 5.59. The van der Waals surface area contributed by atoms with E-state index < -0.39 is 0 Å². The smallest absolute Gasteiger partial charge is 0.123 e. The first kappa shape index (κ1) is 12.8. The summed E-state index contributed by atoms with van der Waals surface area (Å²) < 4.78 is 5.82. The van der Waals surface area contributed by atoms with Gasteiger partial charge in [0.1, 0.15) is 5.75 Å². The molecule has 2 rings (SSSR count). The van der Waals surface area contributed by atoms with Crippen LogP contribution in [0.15, 0.2) is 18.2 Å². The Balaban J connectivity index is 1.95. The Morgan fingerprint density at radius 3 is 2.94 bits per heavy atom. The standard InChI is InChI=1S/C14H21NOS/c1-11-3-6-14(16-7-8-17-2)12(9-11)10-15-13-4-5-13/h3,6,9,13,15H,4-5,7-8,10H2,1-2H3. The highest BCUT2D eigenvalue weighted by molar-refractivity contribution is 7.98. The zero-order valence-corrected chi connectivity index (χ0v) is 11.5. The largest absolute Gasteiger partial charge is 0.492 e. The molecule has 0 saturated heterocycles. The van der Waals surface area contributed by atoms with E-state index in [9.17, 15) is 0 Å². The average molecular weight is 251 g/mol. The molecule has 0 radical (unpaired) electrons. The van der Waals surface area contributed by atoms with Gasteiger partial charge in [0.05, 0.1) is 6.61 Å². The van der Waals surface area contributed by atoms with Crippen LogP contribution in [0.1, 0.15) is 24.0 Å². The number of nitrogens with one attached hydrogen (secondary N) is 1. The van der Waals surface area contributed by atoms with E-state index in [1.165, 1.54) is 24.0 Å². The number of aryl methyl sites for hydroxylation is 1. The van der Waals surface area contributed by atoms with E-state index in [1.54, 1.807) is 0 Å². The van der Waals surface area contributed by atoms with Gasteiger partial charge in [-0.2, -0.15) is 11.8 Å². The van der Waals surface area contributed by atoms with Crippen LogP contribution < -0.4 is 10.1 Å². The predicted molar refractivity (Wildman–Crippen MR) is 74.9 cm³/mol. The van der Waals surface area contributed by atoms with Gasteiger partial charge in [0.15, 0.2) is 0 Å². The third-order valence-corrected chi connectivity index (χ3v) is 3.49. The van der Waals surface area contributed by atoms with Gasteiger partial charge < -0.3 is 10.1 Å². The number of hydrogen-bond acceptors (Lipinski definition) is 3. The summed E-state index contributed by atoms with van der Waals surface area (Å²) in [5.74, 6) is 2.08. The minimum Gasteiger partial charge on any atom is -0.492 e. The summed E-state index contributed by atoms with van der Waals surface area (Å²) in [7, 11) is 0. The zero-order chi connectivity index (χ0) is 12.1. The van der Waals surface area contributed by atoms with Crippen LogP contribution in [-0.2, 0) is 6.54 Å². The summed E-state index contributed by atoms with van der Waals surface area (Å²) >= 11 is 1.82. The summed E-state index contributed by atoms with van der Waals surface area (Å²) in [5, 5.41) is 3.55. The fraction of sp³-hybridized carbons (Fsp3) is 0.571. The summed E-state index contributed by atoms with van der Waals surface area (Å²) in [6.07, 6.45) is 4.76. The molecule has 2 nitrogen and oxygen atoms in total. The molecule has 1 N–H and O–H groups in total. The fourth-order valence-corrected chi connectivity index (χ4v) is 2.01. The number of thioether (sulfide) groups is 1. The molecular weight excluding hydrogens is 230 g/mol. The lowest BCUT2D eigenvalue weighted by atomic mass is 10.1. The molecule has 1 fully saturated rings. The van der Waals surface area contributed by atoms with E-state index in [1.807, 2.05) is 11.8 Å². The molecule has 1 aromatic rings. The topological polar surface area (TPSA) is 21.3 Å². The quantitative estimate of drug-likeness (QED) is 0.753. The van der Waals surface area contributed by atoms with E-state index in [0.29, 0.717) is 0 Å². The molecule has 0 spiro atoms. The molecule has 1 aliphatic rings. The second-order valence-electron chi connectivity index (χ2n) is 4.61. The Kier molecular flexibility index (Phi) is 4.75. The second kappa shape index (κ2) is 6.31. The number of hydrogen-bond donors (Lipinski definition) is 1.